The summed E-state index contributed by atoms with van der Waals surface area (Å²) >= 11 is 0. The van der Waals surface area contributed by atoms with Gasteiger partial charge in [0.05, 0.1) is 23.7 Å². The summed E-state index contributed by atoms with van der Waals surface area (Å²) in [5.74, 6) is 0.470. The van der Waals surface area contributed by atoms with Crippen molar-refractivity contribution in [2.24, 2.45) is 0 Å². The monoisotopic (exact) mass is 495 g/mol. The van der Waals surface area contributed by atoms with Gasteiger partial charge in [-0.25, -0.2) is 14.3 Å². The number of amides is 1. The highest BCUT2D eigenvalue weighted by atomic mass is 16.2. The molecule has 1 aliphatic heterocycles. The smallest absolute Gasteiger partial charge is 0.278 e. The van der Waals surface area contributed by atoms with Crippen molar-refractivity contribution in [1.82, 2.24) is 29.6 Å². The van der Waals surface area contributed by atoms with Gasteiger partial charge < -0.3 is 10.6 Å². The van der Waals surface area contributed by atoms with Gasteiger partial charge in [0.2, 0.25) is 11.9 Å². The molecule has 1 spiro atoms. The van der Waals surface area contributed by atoms with Crippen LogP contribution in [-0.2, 0) is 22.2 Å². The van der Waals surface area contributed by atoms with Gasteiger partial charge >= 0.3 is 0 Å². The maximum absolute atomic E-state index is 13.4. The number of nitrogens with one attached hydrogen (secondary N) is 2. The first-order valence-electron chi connectivity index (χ1n) is 12.9. The highest BCUT2D eigenvalue weighted by Gasteiger charge is 2.49. The normalized spacial score (nSPS) is 18.1. The van der Waals surface area contributed by atoms with E-state index >= 15 is 0 Å². The number of pyridine rings is 1. The highest BCUT2D eigenvalue weighted by molar-refractivity contribution is 5.84. The van der Waals surface area contributed by atoms with Crippen LogP contribution in [0.15, 0.2) is 47.5 Å². The van der Waals surface area contributed by atoms with Crippen molar-refractivity contribution in [2.75, 3.05) is 5.32 Å². The van der Waals surface area contributed by atoms with E-state index in [1.807, 2.05) is 33.6 Å². The summed E-state index contributed by atoms with van der Waals surface area (Å²) in [5, 5.41) is 6.94. The summed E-state index contributed by atoms with van der Waals surface area (Å²) in [6.45, 7) is 6.37. The number of aromatic nitrogens is 5. The van der Waals surface area contributed by atoms with Gasteiger partial charge in [-0.3, -0.25) is 14.6 Å². The summed E-state index contributed by atoms with van der Waals surface area (Å²) < 4.78 is 3.74. The van der Waals surface area contributed by atoms with Gasteiger partial charge in [-0.2, -0.15) is 4.98 Å². The minimum absolute atomic E-state index is 0.0669. The minimum atomic E-state index is -0.170. The molecule has 2 aliphatic carbocycles. The number of hydrogen-bond donors (Lipinski definition) is 2. The van der Waals surface area contributed by atoms with Crippen LogP contribution < -0.4 is 16.2 Å². The van der Waals surface area contributed by atoms with E-state index in [9.17, 15) is 9.59 Å². The zero-order chi connectivity index (χ0) is 25.5. The fourth-order valence-corrected chi connectivity index (χ4v) is 5.40. The summed E-state index contributed by atoms with van der Waals surface area (Å²) in [6.07, 6.45) is 7.68. The number of rotatable bonds is 4. The Morgan fingerprint density at radius 3 is 2.62 bits per heavy atom. The SMILES string of the molecule is CC(C)(C)c1cc(-n2c3nc(Nc4ccc5c(c4)CC(=O)NC54CC4)ncc3c(=O)n2C2CC2)ccn1. The molecular weight excluding hydrogens is 466 g/mol. The van der Waals surface area contributed by atoms with E-state index in [4.69, 9.17) is 4.98 Å². The molecular formula is C28H29N7O2. The predicted octanol–water partition coefficient (Wildman–Crippen LogP) is 4.01. The van der Waals surface area contributed by atoms with Crippen LogP contribution in [0.4, 0.5) is 11.6 Å². The van der Waals surface area contributed by atoms with Crippen molar-refractivity contribution in [3.05, 3.63) is 69.9 Å². The van der Waals surface area contributed by atoms with Crippen LogP contribution in [-0.4, -0.2) is 30.2 Å². The van der Waals surface area contributed by atoms with E-state index in [1.54, 1.807) is 12.4 Å². The zero-order valence-electron chi connectivity index (χ0n) is 21.2. The number of hydrogen-bond acceptors (Lipinski definition) is 6. The number of carbonyl (C=O) groups is 1. The van der Waals surface area contributed by atoms with Gasteiger partial charge in [-0.1, -0.05) is 26.8 Å². The Morgan fingerprint density at radius 2 is 1.89 bits per heavy atom. The molecule has 2 N–H and O–H groups in total. The van der Waals surface area contributed by atoms with Gasteiger partial charge in [0.1, 0.15) is 5.39 Å². The third-order valence-corrected chi connectivity index (χ3v) is 7.63. The summed E-state index contributed by atoms with van der Waals surface area (Å²) in [7, 11) is 0. The fourth-order valence-electron chi connectivity index (χ4n) is 5.40. The second-order valence-corrected chi connectivity index (χ2v) is 11.6. The Balaban J connectivity index is 1.32. The van der Waals surface area contributed by atoms with Crippen molar-refractivity contribution in [3.8, 4) is 5.69 Å². The van der Waals surface area contributed by atoms with Crippen LogP contribution in [0, 0.1) is 0 Å². The first-order chi connectivity index (χ1) is 17.7. The molecule has 3 aromatic heterocycles. The average Bonchev–Trinajstić information content (AvgIpc) is 3.79. The molecule has 4 aromatic rings. The molecule has 1 amide bonds. The molecule has 37 heavy (non-hydrogen) atoms. The van der Waals surface area contributed by atoms with Crippen molar-refractivity contribution in [3.63, 3.8) is 0 Å². The number of anilines is 2. The third-order valence-electron chi connectivity index (χ3n) is 7.63. The number of carbonyl (C=O) groups excluding carboxylic acids is 1. The number of benzene rings is 1. The van der Waals surface area contributed by atoms with Crippen LogP contribution in [0.1, 0.15) is 69.3 Å². The molecule has 1 aromatic carbocycles. The van der Waals surface area contributed by atoms with E-state index in [-0.39, 0.29) is 28.5 Å². The molecule has 0 atom stereocenters. The van der Waals surface area contributed by atoms with Gasteiger partial charge in [0.15, 0.2) is 5.65 Å². The molecule has 0 radical (unpaired) electrons. The largest absolute Gasteiger partial charge is 0.346 e. The van der Waals surface area contributed by atoms with Crippen LogP contribution >= 0.6 is 0 Å². The van der Waals surface area contributed by atoms with Crippen molar-refractivity contribution >= 4 is 28.6 Å². The second-order valence-electron chi connectivity index (χ2n) is 11.6. The van der Waals surface area contributed by atoms with Crippen LogP contribution in [0.5, 0.6) is 0 Å². The Morgan fingerprint density at radius 1 is 1.08 bits per heavy atom. The Labute approximate surface area is 213 Å². The molecule has 7 rings (SSSR count). The fraction of sp³-hybridized carbons (Fsp3) is 0.393. The van der Waals surface area contributed by atoms with Gasteiger partial charge in [-0.15, -0.1) is 0 Å². The van der Waals surface area contributed by atoms with Gasteiger partial charge in [0, 0.05) is 29.2 Å². The van der Waals surface area contributed by atoms with Crippen molar-refractivity contribution < 1.29 is 4.79 Å². The maximum atomic E-state index is 13.4. The maximum Gasteiger partial charge on any atom is 0.278 e. The lowest BCUT2D eigenvalue weighted by molar-refractivity contribution is -0.122. The average molecular weight is 496 g/mol. The lowest BCUT2D eigenvalue weighted by atomic mass is 9.91. The topological polar surface area (TPSA) is 107 Å². The minimum Gasteiger partial charge on any atom is -0.346 e. The molecule has 188 valence electrons. The Hall–Kier alpha value is -4.01. The molecule has 0 unspecified atom stereocenters. The van der Waals surface area contributed by atoms with Gasteiger partial charge in [-0.05, 0) is 61.1 Å². The standard InChI is InChI=1S/C28H29N7O2/c1-27(2,3)22-14-19(8-11-29-22)34-24-20(25(37)35(34)18-5-6-18)15-30-26(32-24)31-17-4-7-21-16(12-17)13-23(36)33-28(21)9-10-28/h4,7-8,11-12,14-15,18H,5-6,9-10,13H2,1-3H3,(H,33,36)(H,30,31,32). The Kier molecular flexibility index (Phi) is 4.50. The molecule has 0 bridgehead atoms. The lowest BCUT2D eigenvalue weighted by Gasteiger charge is -2.27. The van der Waals surface area contributed by atoms with Crippen LogP contribution in [0.25, 0.3) is 16.7 Å². The first kappa shape index (κ1) is 22.2. The predicted molar refractivity (Wildman–Crippen MR) is 140 cm³/mol. The molecule has 3 aliphatic rings. The highest BCUT2D eigenvalue weighted by Crippen LogP contribution is 2.49. The molecule has 4 heterocycles. The summed E-state index contributed by atoms with van der Waals surface area (Å²) in [5.41, 5.74) is 5.05. The number of nitrogens with zero attached hydrogens (tertiary/aromatic N) is 5. The first-order valence-corrected chi connectivity index (χ1v) is 12.9. The lowest BCUT2D eigenvalue weighted by Crippen LogP contribution is -2.41. The van der Waals surface area contributed by atoms with E-state index in [0.29, 0.717) is 23.4 Å². The van der Waals surface area contributed by atoms with Crippen molar-refractivity contribution in [2.45, 2.75) is 69.9 Å². The van der Waals surface area contributed by atoms with Crippen LogP contribution in [0.3, 0.4) is 0 Å². The second kappa shape index (κ2) is 7.50. The zero-order valence-corrected chi connectivity index (χ0v) is 21.2. The third kappa shape index (κ3) is 3.63. The molecule has 9 heteroatoms. The van der Waals surface area contributed by atoms with E-state index < -0.39 is 0 Å². The van der Waals surface area contributed by atoms with E-state index in [0.717, 1.165) is 48.3 Å². The molecule has 9 nitrogen and oxygen atoms in total. The van der Waals surface area contributed by atoms with Crippen LogP contribution in [0.2, 0.25) is 0 Å². The van der Waals surface area contributed by atoms with Gasteiger partial charge in [0.25, 0.3) is 5.56 Å². The molecule has 0 saturated heterocycles. The molecule has 2 fully saturated rings. The molecule has 2 saturated carbocycles. The van der Waals surface area contributed by atoms with E-state index in [1.165, 1.54) is 5.56 Å². The number of fused-ring (bicyclic) bond motifs is 3. The van der Waals surface area contributed by atoms with Crippen molar-refractivity contribution in [1.29, 1.82) is 0 Å². The van der Waals surface area contributed by atoms with E-state index in [2.05, 4.69) is 47.4 Å². The Bertz CT molecular complexity index is 1650. The summed E-state index contributed by atoms with van der Waals surface area (Å²) in [4.78, 5) is 39.5. The quantitative estimate of drug-likeness (QED) is 0.443. The summed E-state index contributed by atoms with van der Waals surface area (Å²) in [6, 6.07) is 10.2.